The van der Waals surface area contributed by atoms with E-state index in [1.807, 2.05) is 0 Å². The van der Waals surface area contributed by atoms with Crippen molar-refractivity contribution in [3.8, 4) is 0 Å². The van der Waals surface area contributed by atoms with Crippen LogP contribution in [0.4, 0.5) is 0 Å². The van der Waals surface area contributed by atoms with Gasteiger partial charge in [-0.3, -0.25) is 0 Å². The van der Waals surface area contributed by atoms with E-state index in [4.69, 9.17) is 4.43 Å². The van der Waals surface area contributed by atoms with Crippen molar-refractivity contribution in [2.24, 2.45) is 35.5 Å². The van der Waals surface area contributed by atoms with Crippen molar-refractivity contribution in [2.75, 3.05) is 6.61 Å². The Kier molecular flexibility index (Phi) is 8.89. The van der Waals surface area contributed by atoms with Gasteiger partial charge >= 0.3 is 0 Å². The van der Waals surface area contributed by atoms with Crippen molar-refractivity contribution in [3.63, 3.8) is 0 Å². The van der Waals surface area contributed by atoms with Gasteiger partial charge in [0, 0.05) is 6.61 Å². The first-order chi connectivity index (χ1) is 14.8. The van der Waals surface area contributed by atoms with Gasteiger partial charge in [-0.2, -0.15) is 0 Å². The molecule has 2 aliphatic carbocycles. The molecule has 0 radical (unpaired) electrons. The minimum atomic E-state index is -2.07. The van der Waals surface area contributed by atoms with E-state index in [0.29, 0.717) is 0 Å². The lowest BCUT2D eigenvalue weighted by Gasteiger charge is -2.55. The van der Waals surface area contributed by atoms with Crippen molar-refractivity contribution >= 4 is 8.32 Å². The fourth-order valence-electron chi connectivity index (χ4n) is 7.51. The molecule has 0 bridgehead atoms. The Balaban J connectivity index is 2.13. The average molecular weight is 443 g/mol. The molecule has 1 aromatic carbocycles. The monoisotopic (exact) mass is 442 g/mol. The van der Waals surface area contributed by atoms with Crippen LogP contribution < -0.4 is 0 Å². The van der Waals surface area contributed by atoms with Gasteiger partial charge in [0.1, 0.15) is 0 Å². The highest BCUT2D eigenvalue weighted by Gasteiger charge is 2.56. The molecule has 176 valence electrons. The van der Waals surface area contributed by atoms with Crippen molar-refractivity contribution in [1.29, 1.82) is 0 Å². The molecule has 1 aromatic rings. The van der Waals surface area contributed by atoms with Crippen LogP contribution in [-0.4, -0.2) is 14.9 Å². The largest absolute Gasteiger partial charge is 0.416 e. The van der Waals surface area contributed by atoms with E-state index in [9.17, 15) is 0 Å². The standard InChI is InChI=1S/C29H50OSi/c1-8-30-31(20-25-12-10-9-11-13-25,28-18-23(6)14-16-26(28)21(2)3)29-19-24(7)15-17-27(29)22(4)5/h9-13,21-24,26-29H,8,14-20H2,1-7H3. The van der Waals surface area contributed by atoms with E-state index in [-0.39, 0.29) is 0 Å². The molecule has 3 rings (SSSR count). The second-order valence-corrected chi connectivity index (χ2v) is 16.0. The molecular formula is C29H50OSi. The zero-order valence-corrected chi connectivity index (χ0v) is 22.6. The predicted molar refractivity (Wildman–Crippen MR) is 138 cm³/mol. The summed E-state index contributed by atoms with van der Waals surface area (Å²) in [7, 11) is -2.07. The molecule has 2 heteroatoms. The lowest BCUT2D eigenvalue weighted by molar-refractivity contribution is 0.159. The quantitative estimate of drug-likeness (QED) is 0.366. The Labute approximate surface area is 194 Å². The van der Waals surface area contributed by atoms with Crippen molar-refractivity contribution in [2.45, 2.75) is 104 Å². The van der Waals surface area contributed by atoms with E-state index in [1.165, 1.54) is 50.1 Å². The second-order valence-electron chi connectivity index (χ2n) is 11.9. The van der Waals surface area contributed by atoms with E-state index in [2.05, 4.69) is 78.8 Å². The maximum atomic E-state index is 7.31. The van der Waals surface area contributed by atoms with Crippen LogP contribution in [0.25, 0.3) is 0 Å². The summed E-state index contributed by atoms with van der Waals surface area (Å²) in [5, 5.41) is 0. The van der Waals surface area contributed by atoms with Gasteiger partial charge in [-0.1, -0.05) is 84.7 Å². The Morgan fingerprint density at radius 3 is 1.71 bits per heavy atom. The molecule has 2 saturated carbocycles. The van der Waals surface area contributed by atoms with Crippen molar-refractivity contribution in [3.05, 3.63) is 35.9 Å². The van der Waals surface area contributed by atoms with E-state index in [1.54, 1.807) is 0 Å². The number of benzene rings is 1. The van der Waals surface area contributed by atoms with Gasteiger partial charge < -0.3 is 4.43 Å². The summed E-state index contributed by atoms with van der Waals surface area (Å²) in [6.07, 6.45) is 8.45. The van der Waals surface area contributed by atoms with Crippen LogP contribution in [0.5, 0.6) is 0 Å². The van der Waals surface area contributed by atoms with Crippen LogP contribution in [0.15, 0.2) is 30.3 Å². The average Bonchev–Trinajstić information content (AvgIpc) is 2.73. The van der Waals surface area contributed by atoms with Crippen molar-refractivity contribution in [1.82, 2.24) is 0 Å². The summed E-state index contributed by atoms with van der Waals surface area (Å²) < 4.78 is 7.31. The lowest BCUT2D eigenvalue weighted by Crippen LogP contribution is -2.58. The SMILES string of the molecule is CCO[Si](Cc1ccccc1)(C1CC(C)CCC1C(C)C)C1CC(C)CCC1C(C)C. The van der Waals surface area contributed by atoms with E-state index < -0.39 is 8.32 Å². The van der Waals surface area contributed by atoms with Gasteiger partial charge in [-0.25, -0.2) is 0 Å². The summed E-state index contributed by atoms with van der Waals surface area (Å²) in [6, 6.07) is 12.7. The third kappa shape index (κ3) is 5.67. The molecule has 31 heavy (non-hydrogen) atoms. The Bertz CT molecular complexity index is 622. The topological polar surface area (TPSA) is 9.23 Å². The molecule has 0 heterocycles. The van der Waals surface area contributed by atoms with Gasteiger partial charge in [-0.05, 0) is 90.8 Å². The van der Waals surface area contributed by atoms with Crippen LogP contribution in [0, 0.1) is 35.5 Å². The van der Waals surface area contributed by atoms with Crippen LogP contribution in [-0.2, 0) is 10.5 Å². The number of hydrogen-bond donors (Lipinski definition) is 0. The number of rotatable bonds is 8. The molecule has 2 fully saturated rings. The third-order valence-electron chi connectivity index (χ3n) is 9.04. The Morgan fingerprint density at radius 1 is 0.806 bits per heavy atom. The summed E-state index contributed by atoms with van der Waals surface area (Å²) in [5.41, 5.74) is 3.13. The molecule has 0 spiro atoms. The zero-order chi connectivity index (χ0) is 22.6. The molecule has 0 aromatic heterocycles. The van der Waals surface area contributed by atoms with Gasteiger partial charge in [0.2, 0.25) is 8.32 Å². The molecule has 0 aliphatic heterocycles. The molecular weight excluding hydrogens is 392 g/mol. The molecule has 0 saturated heterocycles. The van der Waals surface area contributed by atoms with Gasteiger partial charge in [-0.15, -0.1) is 0 Å². The maximum Gasteiger partial charge on any atom is 0.203 e. The predicted octanol–water partition coefficient (Wildman–Crippen LogP) is 8.68. The smallest absolute Gasteiger partial charge is 0.203 e. The molecule has 2 aliphatic rings. The minimum Gasteiger partial charge on any atom is -0.416 e. The van der Waals surface area contributed by atoms with Crippen molar-refractivity contribution < 1.29 is 4.43 Å². The highest BCUT2D eigenvalue weighted by Crippen LogP contribution is 2.58. The second kappa shape index (κ2) is 11.0. The van der Waals surface area contributed by atoms with Gasteiger partial charge in [0.05, 0.1) is 0 Å². The lowest BCUT2D eigenvalue weighted by atomic mass is 9.76. The summed E-state index contributed by atoms with van der Waals surface area (Å²) in [5.74, 6) is 4.90. The fraction of sp³-hybridized carbons (Fsp3) is 0.793. The van der Waals surface area contributed by atoms with Gasteiger partial charge in [0.25, 0.3) is 0 Å². The Morgan fingerprint density at radius 2 is 1.29 bits per heavy atom. The zero-order valence-electron chi connectivity index (χ0n) is 21.6. The van der Waals surface area contributed by atoms with E-state index in [0.717, 1.165) is 53.2 Å². The summed E-state index contributed by atoms with van der Waals surface area (Å²) >= 11 is 0. The maximum absolute atomic E-state index is 7.31. The Hall–Kier alpha value is -0.603. The molecule has 6 unspecified atom stereocenters. The minimum absolute atomic E-state index is 0.763. The van der Waals surface area contributed by atoms with Crippen LogP contribution in [0.1, 0.15) is 92.6 Å². The molecule has 1 nitrogen and oxygen atoms in total. The number of hydrogen-bond acceptors (Lipinski definition) is 1. The first-order valence-electron chi connectivity index (χ1n) is 13.5. The normalized spacial score (nSPS) is 34.1. The first-order valence-corrected chi connectivity index (χ1v) is 15.7. The fourth-order valence-corrected chi connectivity index (χ4v) is 14.7. The van der Waals surface area contributed by atoms with Gasteiger partial charge in [0.15, 0.2) is 0 Å². The third-order valence-corrected chi connectivity index (χ3v) is 14.7. The highest BCUT2D eigenvalue weighted by molar-refractivity contribution is 6.76. The molecule has 0 amide bonds. The van der Waals surface area contributed by atoms with Crippen LogP contribution in [0.3, 0.4) is 0 Å². The highest BCUT2D eigenvalue weighted by atomic mass is 28.4. The molecule has 0 N–H and O–H groups in total. The van der Waals surface area contributed by atoms with Crippen LogP contribution in [0.2, 0.25) is 11.1 Å². The van der Waals surface area contributed by atoms with Crippen LogP contribution >= 0.6 is 0 Å². The first kappa shape index (κ1) is 25.0. The molecule has 6 atom stereocenters. The van der Waals surface area contributed by atoms with E-state index >= 15 is 0 Å². The summed E-state index contributed by atoms with van der Waals surface area (Å²) in [6.45, 7) is 18.2. The summed E-state index contributed by atoms with van der Waals surface area (Å²) in [4.78, 5) is 0.